The van der Waals surface area contributed by atoms with Crippen LogP contribution in [0.25, 0.3) is 0 Å². The molecule has 0 unspecified atom stereocenters. The highest BCUT2D eigenvalue weighted by Crippen LogP contribution is 2.05. The van der Waals surface area contributed by atoms with Crippen LogP contribution in [0.15, 0.2) is 0 Å². The molecule has 0 aromatic rings. The first-order chi connectivity index (χ1) is 4.06. The standard InChI is InChI=1S/C7H15O2/c1-7(2,3)9-6-5-8-4/h4-6H2,1-3H3. The third kappa shape index (κ3) is 7.92. The summed E-state index contributed by atoms with van der Waals surface area (Å²) in [7, 11) is 3.23. The van der Waals surface area contributed by atoms with Gasteiger partial charge in [-0.3, -0.25) is 0 Å². The molecule has 0 heterocycles. The molecule has 0 amide bonds. The molecule has 0 aromatic heterocycles. The van der Waals surface area contributed by atoms with Gasteiger partial charge in [-0.2, -0.15) is 0 Å². The van der Waals surface area contributed by atoms with Crippen molar-refractivity contribution in [2.45, 2.75) is 26.4 Å². The quantitative estimate of drug-likeness (QED) is 0.542. The van der Waals surface area contributed by atoms with Crippen molar-refractivity contribution in [3.05, 3.63) is 7.11 Å². The van der Waals surface area contributed by atoms with E-state index in [1.165, 1.54) is 0 Å². The fourth-order valence-corrected chi connectivity index (χ4v) is 0.407. The van der Waals surface area contributed by atoms with E-state index in [4.69, 9.17) is 4.74 Å². The smallest absolute Gasteiger partial charge is 0.0707 e. The van der Waals surface area contributed by atoms with Gasteiger partial charge in [0.15, 0.2) is 0 Å². The molecule has 1 radical (unpaired) electrons. The average Bonchev–Trinajstić information content (AvgIpc) is 1.63. The molecule has 0 aliphatic carbocycles. The Morgan fingerprint density at radius 2 is 1.78 bits per heavy atom. The van der Waals surface area contributed by atoms with Gasteiger partial charge < -0.3 is 9.47 Å². The molecule has 0 rings (SSSR count). The second-order valence-electron chi connectivity index (χ2n) is 2.87. The Hall–Kier alpha value is -0.0800. The van der Waals surface area contributed by atoms with Crippen molar-refractivity contribution in [2.75, 3.05) is 13.2 Å². The SMILES string of the molecule is [CH2]OCCOC(C)(C)C. The van der Waals surface area contributed by atoms with Gasteiger partial charge in [0.25, 0.3) is 0 Å². The molecule has 0 atom stereocenters. The normalized spacial score (nSPS) is 12.0. The zero-order chi connectivity index (χ0) is 7.33. The van der Waals surface area contributed by atoms with Gasteiger partial charge in [-0.15, -0.1) is 0 Å². The van der Waals surface area contributed by atoms with E-state index in [1.807, 2.05) is 20.8 Å². The lowest BCUT2D eigenvalue weighted by atomic mass is 10.2. The summed E-state index contributed by atoms with van der Waals surface area (Å²) < 4.78 is 9.87. The molecule has 0 saturated heterocycles. The predicted octanol–water partition coefficient (Wildman–Crippen LogP) is 1.61. The van der Waals surface area contributed by atoms with E-state index in [0.717, 1.165) is 0 Å². The largest absolute Gasteiger partial charge is 0.377 e. The van der Waals surface area contributed by atoms with E-state index in [2.05, 4.69) is 11.8 Å². The molecular weight excluding hydrogens is 116 g/mol. The summed E-state index contributed by atoms with van der Waals surface area (Å²) in [4.78, 5) is 0. The molecule has 0 aliphatic heterocycles. The first-order valence-electron chi connectivity index (χ1n) is 3.07. The molecule has 0 fully saturated rings. The number of rotatable bonds is 3. The van der Waals surface area contributed by atoms with E-state index in [0.29, 0.717) is 13.2 Å². The monoisotopic (exact) mass is 131 g/mol. The van der Waals surface area contributed by atoms with Crippen LogP contribution in [0.2, 0.25) is 0 Å². The van der Waals surface area contributed by atoms with E-state index < -0.39 is 0 Å². The van der Waals surface area contributed by atoms with E-state index in [9.17, 15) is 0 Å². The zero-order valence-electron chi connectivity index (χ0n) is 6.44. The third-order valence-corrected chi connectivity index (χ3v) is 0.763. The van der Waals surface area contributed by atoms with Gasteiger partial charge >= 0.3 is 0 Å². The lowest BCUT2D eigenvalue weighted by molar-refractivity contribution is -0.0228. The number of ether oxygens (including phenoxy) is 2. The molecule has 0 N–H and O–H groups in total. The fourth-order valence-electron chi connectivity index (χ4n) is 0.407. The summed E-state index contributed by atoms with van der Waals surface area (Å²) in [5, 5.41) is 0. The molecule has 2 heteroatoms. The van der Waals surface area contributed by atoms with Gasteiger partial charge in [-0.05, 0) is 20.8 Å². The Labute approximate surface area is 57.2 Å². The molecule has 9 heavy (non-hydrogen) atoms. The molecule has 0 aromatic carbocycles. The summed E-state index contributed by atoms with van der Waals surface area (Å²) in [5.74, 6) is 0. The zero-order valence-corrected chi connectivity index (χ0v) is 6.44. The molecule has 0 aliphatic rings. The first kappa shape index (κ1) is 8.92. The van der Waals surface area contributed by atoms with Crippen LogP contribution in [0, 0.1) is 7.11 Å². The van der Waals surface area contributed by atoms with Crippen LogP contribution in [0.5, 0.6) is 0 Å². The minimum atomic E-state index is -0.0570. The molecule has 0 bridgehead atoms. The fraction of sp³-hybridized carbons (Fsp3) is 0.857. The highest BCUT2D eigenvalue weighted by atomic mass is 16.5. The lowest BCUT2D eigenvalue weighted by Gasteiger charge is -2.18. The number of hydrogen-bond acceptors (Lipinski definition) is 2. The molecular formula is C7H15O2. The van der Waals surface area contributed by atoms with Crippen molar-refractivity contribution in [3.8, 4) is 0 Å². The van der Waals surface area contributed by atoms with E-state index in [-0.39, 0.29) is 5.60 Å². The molecule has 0 saturated carbocycles. The summed E-state index contributed by atoms with van der Waals surface area (Å²) >= 11 is 0. The minimum absolute atomic E-state index is 0.0570. The van der Waals surface area contributed by atoms with Crippen LogP contribution in [-0.2, 0) is 9.47 Å². The Morgan fingerprint density at radius 3 is 2.11 bits per heavy atom. The maximum absolute atomic E-state index is 5.30. The Kier molecular flexibility index (Phi) is 3.82. The van der Waals surface area contributed by atoms with Crippen LogP contribution in [-0.4, -0.2) is 18.8 Å². The van der Waals surface area contributed by atoms with Crippen molar-refractivity contribution in [1.29, 1.82) is 0 Å². The van der Waals surface area contributed by atoms with Gasteiger partial charge in [0.2, 0.25) is 0 Å². The van der Waals surface area contributed by atoms with Crippen LogP contribution in [0.1, 0.15) is 20.8 Å². The van der Waals surface area contributed by atoms with E-state index in [1.54, 1.807) is 0 Å². The minimum Gasteiger partial charge on any atom is -0.377 e. The van der Waals surface area contributed by atoms with Crippen LogP contribution < -0.4 is 0 Å². The van der Waals surface area contributed by atoms with Gasteiger partial charge in [-0.25, -0.2) is 0 Å². The van der Waals surface area contributed by atoms with Gasteiger partial charge in [0.1, 0.15) is 0 Å². The maximum Gasteiger partial charge on any atom is 0.0707 e. The van der Waals surface area contributed by atoms with Crippen molar-refractivity contribution < 1.29 is 9.47 Å². The van der Waals surface area contributed by atoms with Crippen molar-refractivity contribution in [2.24, 2.45) is 0 Å². The van der Waals surface area contributed by atoms with Gasteiger partial charge in [0.05, 0.1) is 25.9 Å². The third-order valence-electron chi connectivity index (χ3n) is 0.763. The topological polar surface area (TPSA) is 18.5 Å². The second-order valence-corrected chi connectivity index (χ2v) is 2.87. The lowest BCUT2D eigenvalue weighted by Crippen LogP contribution is -2.21. The van der Waals surface area contributed by atoms with Gasteiger partial charge in [0, 0.05) is 0 Å². The second kappa shape index (κ2) is 3.85. The molecule has 2 nitrogen and oxygen atoms in total. The first-order valence-corrected chi connectivity index (χ1v) is 3.07. The highest BCUT2D eigenvalue weighted by Gasteiger charge is 2.08. The van der Waals surface area contributed by atoms with E-state index >= 15 is 0 Å². The molecule has 55 valence electrons. The Morgan fingerprint density at radius 1 is 1.22 bits per heavy atom. The Balaban J connectivity index is 3.07. The summed E-state index contributed by atoms with van der Waals surface area (Å²) in [6.45, 7) is 7.21. The van der Waals surface area contributed by atoms with Gasteiger partial charge in [-0.1, -0.05) is 0 Å². The van der Waals surface area contributed by atoms with Crippen molar-refractivity contribution >= 4 is 0 Å². The van der Waals surface area contributed by atoms with Crippen molar-refractivity contribution in [1.82, 2.24) is 0 Å². The van der Waals surface area contributed by atoms with Crippen LogP contribution in [0.3, 0.4) is 0 Å². The summed E-state index contributed by atoms with van der Waals surface area (Å²) in [5.41, 5.74) is -0.0570. The van der Waals surface area contributed by atoms with Crippen molar-refractivity contribution in [3.63, 3.8) is 0 Å². The highest BCUT2D eigenvalue weighted by molar-refractivity contribution is 4.57. The van der Waals surface area contributed by atoms with Crippen LogP contribution in [0.4, 0.5) is 0 Å². The summed E-state index contributed by atoms with van der Waals surface area (Å²) in [6, 6.07) is 0. The summed E-state index contributed by atoms with van der Waals surface area (Å²) in [6.07, 6.45) is 0. The average molecular weight is 131 g/mol. The maximum atomic E-state index is 5.30. The number of hydrogen-bond donors (Lipinski definition) is 0. The van der Waals surface area contributed by atoms with Crippen LogP contribution >= 0.6 is 0 Å². The predicted molar refractivity (Wildman–Crippen MR) is 37.0 cm³/mol. The Bertz CT molecular complexity index is 63.8. The molecule has 0 spiro atoms.